The van der Waals surface area contributed by atoms with E-state index in [2.05, 4.69) is 5.32 Å². The average molecular weight is 312 g/mol. The lowest BCUT2D eigenvalue weighted by molar-refractivity contribution is -0.137. The van der Waals surface area contributed by atoms with E-state index in [1.165, 1.54) is 12.1 Å². The SMILES string of the molecule is CN(C)c1cc(C2CCC3(CC2)CNC3)cc(C(F)(F)F)c1. The highest BCUT2D eigenvalue weighted by atomic mass is 19.4. The molecule has 1 aliphatic carbocycles. The van der Waals surface area contributed by atoms with Crippen molar-refractivity contribution < 1.29 is 13.2 Å². The van der Waals surface area contributed by atoms with E-state index in [1.54, 1.807) is 19.0 Å². The van der Waals surface area contributed by atoms with E-state index >= 15 is 0 Å². The molecule has 1 spiro atoms. The van der Waals surface area contributed by atoms with Gasteiger partial charge in [0.15, 0.2) is 0 Å². The molecule has 0 amide bonds. The molecule has 1 saturated carbocycles. The molecule has 0 unspecified atom stereocenters. The summed E-state index contributed by atoms with van der Waals surface area (Å²) in [7, 11) is 3.57. The molecule has 1 N–H and O–H groups in total. The van der Waals surface area contributed by atoms with Gasteiger partial charge < -0.3 is 10.2 Å². The van der Waals surface area contributed by atoms with E-state index in [9.17, 15) is 13.2 Å². The normalized spacial score (nSPS) is 21.7. The summed E-state index contributed by atoms with van der Waals surface area (Å²) in [5.41, 5.74) is 1.39. The summed E-state index contributed by atoms with van der Waals surface area (Å²) in [6.07, 6.45) is -0.0450. The zero-order chi connectivity index (χ0) is 16.0. The second-order valence-electron chi connectivity index (χ2n) is 7.08. The van der Waals surface area contributed by atoms with Crippen LogP contribution in [-0.2, 0) is 6.18 Å². The van der Waals surface area contributed by atoms with Gasteiger partial charge in [-0.1, -0.05) is 0 Å². The van der Waals surface area contributed by atoms with Crippen LogP contribution < -0.4 is 10.2 Å². The van der Waals surface area contributed by atoms with Crippen LogP contribution in [0.1, 0.15) is 42.7 Å². The monoisotopic (exact) mass is 312 g/mol. The van der Waals surface area contributed by atoms with Gasteiger partial charge in [-0.15, -0.1) is 0 Å². The molecule has 1 saturated heterocycles. The van der Waals surface area contributed by atoms with E-state index in [-0.39, 0.29) is 5.92 Å². The van der Waals surface area contributed by atoms with Crippen LogP contribution in [0.2, 0.25) is 0 Å². The fourth-order valence-electron chi connectivity index (χ4n) is 3.69. The lowest BCUT2D eigenvalue weighted by Crippen LogP contribution is -2.54. The Hall–Kier alpha value is -1.23. The van der Waals surface area contributed by atoms with Gasteiger partial charge in [0.05, 0.1) is 5.56 Å². The summed E-state index contributed by atoms with van der Waals surface area (Å²) in [5, 5.41) is 3.32. The molecule has 2 fully saturated rings. The van der Waals surface area contributed by atoms with E-state index in [0.29, 0.717) is 11.1 Å². The standard InChI is InChI=1S/C17H23F3N2/c1-22(2)15-8-13(7-14(9-15)17(18,19)20)12-3-5-16(6-4-12)10-21-11-16/h7-9,12,21H,3-6,10-11H2,1-2H3. The van der Waals surface area contributed by atoms with Gasteiger partial charge in [0.25, 0.3) is 0 Å². The lowest BCUT2D eigenvalue weighted by atomic mass is 9.66. The summed E-state index contributed by atoms with van der Waals surface area (Å²) >= 11 is 0. The van der Waals surface area contributed by atoms with Gasteiger partial charge in [0.2, 0.25) is 0 Å². The van der Waals surface area contributed by atoms with Gasteiger partial charge in [-0.25, -0.2) is 0 Å². The van der Waals surface area contributed by atoms with Crippen molar-refractivity contribution >= 4 is 5.69 Å². The van der Waals surface area contributed by atoms with Crippen molar-refractivity contribution in [2.24, 2.45) is 5.41 Å². The molecule has 1 heterocycles. The molecule has 1 aromatic carbocycles. The molecule has 1 aromatic rings. The summed E-state index contributed by atoms with van der Waals surface area (Å²) in [4.78, 5) is 1.75. The molecule has 3 rings (SSSR count). The highest BCUT2D eigenvalue weighted by Gasteiger charge is 2.40. The Morgan fingerprint density at radius 3 is 2.18 bits per heavy atom. The Kier molecular flexibility index (Phi) is 3.87. The van der Waals surface area contributed by atoms with Crippen LogP contribution in [0.4, 0.5) is 18.9 Å². The van der Waals surface area contributed by atoms with Crippen LogP contribution in [0.15, 0.2) is 18.2 Å². The molecule has 122 valence electrons. The molecule has 2 nitrogen and oxygen atoms in total. The second kappa shape index (κ2) is 5.44. The number of alkyl halides is 3. The van der Waals surface area contributed by atoms with Gasteiger partial charge in [-0.3, -0.25) is 0 Å². The minimum absolute atomic E-state index is 0.257. The predicted molar refractivity (Wildman–Crippen MR) is 82.3 cm³/mol. The van der Waals surface area contributed by atoms with Crippen LogP contribution in [-0.4, -0.2) is 27.2 Å². The van der Waals surface area contributed by atoms with Crippen molar-refractivity contribution in [2.45, 2.75) is 37.8 Å². The smallest absolute Gasteiger partial charge is 0.378 e. The topological polar surface area (TPSA) is 15.3 Å². The van der Waals surface area contributed by atoms with Crippen LogP contribution >= 0.6 is 0 Å². The number of nitrogens with zero attached hydrogens (tertiary/aromatic N) is 1. The molecule has 0 atom stereocenters. The van der Waals surface area contributed by atoms with E-state index in [1.807, 2.05) is 6.07 Å². The van der Waals surface area contributed by atoms with Gasteiger partial charge in [0, 0.05) is 32.9 Å². The zero-order valence-corrected chi connectivity index (χ0v) is 13.1. The maximum Gasteiger partial charge on any atom is 0.416 e. The summed E-state index contributed by atoms with van der Waals surface area (Å²) in [6, 6.07) is 4.52. The Morgan fingerprint density at radius 1 is 1.09 bits per heavy atom. The molecule has 0 bridgehead atoms. The molecule has 1 aliphatic heterocycles. The van der Waals surface area contributed by atoms with E-state index in [0.717, 1.165) is 44.3 Å². The van der Waals surface area contributed by atoms with E-state index in [4.69, 9.17) is 0 Å². The summed E-state index contributed by atoms with van der Waals surface area (Å²) in [6.45, 7) is 2.15. The van der Waals surface area contributed by atoms with E-state index < -0.39 is 11.7 Å². The lowest BCUT2D eigenvalue weighted by Gasteiger charge is -2.47. The Morgan fingerprint density at radius 2 is 1.73 bits per heavy atom. The first kappa shape index (κ1) is 15.7. The predicted octanol–water partition coefficient (Wildman–Crippen LogP) is 4.02. The first-order chi connectivity index (χ1) is 10.3. The average Bonchev–Trinajstić information content (AvgIpc) is 2.44. The third kappa shape index (κ3) is 2.96. The number of anilines is 1. The van der Waals surface area contributed by atoms with Crippen molar-refractivity contribution in [3.05, 3.63) is 29.3 Å². The third-order valence-electron chi connectivity index (χ3n) is 5.30. The zero-order valence-electron chi connectivity index (χ0n) is 13.1. The maximum absolute atomic E-state index is 13.1. The summed E-state index contributed by atoms with van der Waals surface area (Å²) in [5.74, 6) is 0.257. The van der Waals surface area contributed by atoms with Crippen LogP contribution in [0.3, 0.4) is 0 Å². The molecular formula is C17H23F3N2. The molecule has 0 aromatic heterocycles. The molecule has 5 heteroatoms. The quantitative estimate of drug-likeness (QED) is 0.887. The molecule has 0 radical (unpaired) electrons. The summed E-state index contributed by atoms with van der Waals surface area (Å²) < 4.78 is 39.4. The Labute approximate surface area is 129 Å². The van der Waals surface area contributed by atoms with Crippen molar-refractivity contribution in [1.82, 2.24) is 5.32 Å². The highest BCUT2D eigenvalue weighted by molar-refractivity contribution is 5.51. The maximum atomic E-state index is 13.1. The number of hydrogen-bond acceptors (Lipinski definition) is 2. The fraction of sp³-hybridized carbons (Fsp3) is 0.647. The number of halogens is 3. The number of nitrogens with one attached hydrogen (secondary N) is 1. The van der Waals surface area contributed by atoms with Gasteiger partial charge in [0.1, 0.15) is 0 Å². The van der Waals surface area contributed by atoms with Crippen molar-refractivity contribution in [2.75, 3.05) is 32.1 Å². The molecular weight excluding hydrogens is 289 g/mol. The van der Waals surface area contributed by atoms with Crippen molar-refractivity contribution in [3.8, 4) is 0 Å². The Bertz CT molecular complexity index is 537. The first-order valence-electron chi connectivity index (χ1n) is 7.89. The minimum Gasteiger partial charge on any atom is -0.378 e. The Balaban J connectivity index is 1.85. The largest absolute Gasteiger partial charge is 0.416 e. The van der Waals surface area contributed by atoms with Crippen LogP contribution in [0, 0.1) is 5.41 Å². The number of hydrogen-bond donors (Lipinski definition) is 1. The fourth-order valence-corrected chi connectivity index (χ4v) is 3.69. The van der Waals surface area contributed by atoms with Crippen LogP contribution in [0.5, 0.6) is 0 Å². The van der Waals surface area contributed by atoms with Gasteiger partial charge >= 0.3 is 6.18 Å². The first-order valence-corrected chi connectivity index (χ1v) is 7.89. The number of rotatable bonds is 2. The van der Waals surface area contributed by atoms with Crippen molar-refractivity contribution in [1.29, 1.82) is 0 Å². The minimum atomic E-state index is -4.28. The van der Waals surface area contributed by atoms with Gasteiger partial charge in [-0.05, 0) is 60.8 Å². The highest BCUT2D eigenvalue weighted by Crippen LogP contribution is 2.46. The molecule has 22 heavy (non-hydrogen) atoms. The van der Waals surface area contributed by atoms with Crippen LogP contribution in [0.25, 0.3) is 0 Å². The van der Waals surface area contributed by atoms with Crippen molar-refractivity contribution in [3.63, 3.8) is 0 Å². The third-order valence-corrected chi connectivity index (χ3v) is 5.30. The molecule has 2 aliphatic rings. The number of benzene rings is 1. The van der Waals surface area contributed by atoms with Gasteiger partial charge in [-0.2, -0.15) is 13.2 Å². The second-order valence-corrected chi connectivity index (χ2v) is 7.08.